The van der Waals surface area contributed by atoms with Gasteiger partial charge in [0.15, 0.2) is 0 Å². The van der Waals surface area contributed by atoms with Crippen molar-refractivity contribution in [3.05, 3.63) is 130 Å². The molecule has 1 aliphatic heterocycles. The number of benzene rings is 3. The summed E-state index contributed by atoms with van der Waals surface area (Å²) in [7, 11) is 3.80. The number of hydrogen-bond acceptors (Lipinski definition) is 7. The molecule has 2 amide bonds. The largest absolute Gasteiger partial charge is 0.332 e. The maximum absolute atomic E-state index is 12.8. The van der Waals surface area contributed by atoms with Gasteiger partial charge < -0.3 is 14.9 Å². The maximum atomic E-state index is 12.8. The Hall–Kier alpha value is -5.42. The van der Waals surface area contributed by atoms with E-state index < -0.39 is 0 Å². The number of carbonyl (C=O) groups excluding carboxylic acids is 2. The lowest BCUT2D eigenvalue weighted by atomic mass is 10.1. The normalized spacial score (nSPS) is 12.5. The Bertz CT molecular complexity index is 2350. The number of para-hydroxylation sites is 2. The zero-order valence-electron chi connectivity index (χ0n) is 25.9. The highest BCUT2D eigenvalue weighted by atomic mass is 35.5. The van der Waals surface area contributed by atoms with Crippen LogP contribution in [-0.4, -0.2) is 45.8 Å². The third kappa shape index (κ3) is 5.49. The third-order valence-electron chi connectivity index (χ3n) is 8.30. The average Bonchev–Trinajstić information content (AvgIpc) is 3.79. The van der Waals surface area contributed by atoms with Crippen LogP contribution in [0.4, 0.5) is 0 Å². The van der Waals surface area contributed by atoms with Crippen LogP contribution >= 0.6 is 23.2 Å². The molecule has 0 spiro atoms. The van der Waals surface area contributed by atoms with Crippen LogP contribution in [0.25, 0.3) is 44.6 Å². The van der Waals surface area contributed by atoms with Crippen molar-refractivity contribution in [1.29, 1.82) is 0 Å². The van der Waals surface area contributed by atoms with Crippen LogP contribution in [0.3, 0.4) is 0 Å². The van der Waals surface area contributed by atoms with E-state index >= 15 is 0 Å². The minimum absolute atomic E-state index is 0.113. The number of amides is 2. The first-order chi connectivity index (χ1) is 23.2. The number of imidazole rings is 2. The van der Waals surface area contributed by atoms with E-state index in [1.165, 1.54) is 4.90 Å². The molecular weight excluding hydrogens is 647 g/mol. The fourth-order valence-corrected chi connectivity index (χ4v) is 6.30. The number of aryl methyl sites for hydroxylation is 2. The van der Waals surface area contributed by atoms with Crippen molar-refractivity contribution in [2.75, 3.05) is 0 Å². The van der Waals surface area contributed by atoms with Gasteiger partial charge in [-0.2, -0.15) is 0 Å². The summed E-state index contributed by atoms with van der Waals surface area (Å²) in [6.07, 6.45) is 6.91. The van der Waals surface area contributed by atoms with Crippen molar-refractivity contribution in [2.24, 2.45) is 19.8 Å². The van der Waals surface area contributed by atoms with Crippen molar-refractivity contribution in [3.8, 4) is 22.8 Å². The van der Waals surface area contributed by atoms with E-state index in [0.29, 0.717) is 38.9 Å². The summed E-state index contributed by atoms with van der Waals surface area (Å²) in [5.41, 5.74) is 13.1. The number of aromatic nitrogens is 6. The summed E-state index contributed by atoms with van der Waals surface area (Å²) in [6.45, 7) is 0.540. The fourth-order valence-electron chi connectivity index (χ4n) is 5.86. The molecule has 0 atom stereocenters. The number of rotatable bonds is 5. The third-order valence-corrected chi connectivity index (χ3v) is 8.91. The van der Waals surface area contributed by atoms with Gasteiger partial charge in [0.2, 0.25) is 0 Å². The van der Waals surface area contributed by atoms with Gasteiger partial charge in [-0.25, -0.2) is 19.9 Å². The van der Waals surface area contributed by atoms with Gasteiger partial charge in [-0.3, -0.25) is 14.5 Å². The Balaban J connectivity index is 0.000000166. The van der Waals surface area contributed by atoms with Gasteiger partial charge in [-0.15, -0.1) is 0 Å². The molecule has 0 unspecified atom stereocenters. The van der Waals surface area contributed by atoms with Crippen LogP contribution in [0.15, 0.2) is 97.8 Å². The molecule has 1 aliphatic rings. The molecule has 48 heavy (non-hydrogen) atoms. The highest BCUT2D eigenvalue weighted by Gasteiger charge is 2.35. The SMILES string of the molecule is Cn1cncc1-c1nc2c(Cl)cccc2cc1CN.Cn1cncc1-c1nc2c(Cl)cccc2cc1CN1C(=O)c2ccccc2C1=O. The molecule has 5 heterocycles. The Labute approximate surface area is 285 Å². The minimum atomic E-state index is -0.298. The number of imide groups is 1. The lowest BCUT2D eigenvalue weighted by Gasteiger charge is -2.17. The monoisotopic (exact) mass is 674 g/mol. The molecule has 0 saturated heterocycles. The Morgan fingerprint density at radius 3 is 1.60 bits per heavy atom. The minimum Gasteiger partial charge on any atom is -0.332 e. The van der Waals surface area contributed by atoms with E-state index in [4.69, 9.17) is 33.9 Å². The van der Waals surface area contributed by atoms with E-state index in [0.717, 1.165) is 44.5 Å². The lowest BCUT2D eigenvalue weighted by Crippen LogP contribution is -2.29. The van der Waals surface area contributed by atoms with E-state index in [1.54, 1.807) is 55.4 Å². The summed E-state index contributed by atoms with van der Waals surface area (Å²) in [6, 6.07) is 22.1. The van der Waals surface area contributed by atoms with Gasteiger partial charge in [0.05, 0.1) is 86.6 Å². The van der Waals surface area contributed by atoms with Crippen molar-refractivity contribution in [2.45, 2.75) is 13.1 Å². The quantitative estimate of drug-likeness (QED) is 0.198. The molecule has 0 bridgehead atoms. The predicted octanol–water partition coefficient (Wildman–Crippen LogP) is 6.83. The first-order valence-electron chi connectivity index (χ1n) is 15.0. The van der Waals surface area contributed by atoms with E-state index in [1.807, 2.05) is 65.7 Å². The van der Waals surface area contributed by atoms with Crippen LogP contribution in [0.5, 0.6) is 0 Å². The number of pyridine rings is 2. The zero-order valence-corrected chi connectivity index (χ0v) is 27.4. The first kappa shape index (κ1) is 31.2. The molecule has 0 fully saturated rings. The standard InChI is InChI=1S/C22H15ClN4O2.C14H13ClN4/c1-26-12-24-10-18(26)20-14(9-13-5-4-8-17(23)19(13)25-20)11-27-21(28)15-6-2-3-7-16(15)22(27)29;1-19-8-17-7-12(19)14-10(6-16)5-9-3-2-4-11(15)13(9)18-14/h2-10,12H,11H2,1H3;2-5,7-8H,6,16H2,1H3. The summed E-state index contributed by atoms with van der Waals surface area (Å²) < 4.78 is 3.76. The van der Waals surface area contributed by atoms with Crippen LogP contribution in [0, 0.1) is 0 Å². The molecule has 7 aromatic rings. The molecule has 4 aromatic heterocycles. The Morgan fingerprint density at radius 2 is 1.15 bits per heavy atom. The molecule has 238 valence electrons. The molecule has 0 aliphatic carbocycles. The second kappa shape index (κ2) is 12.6. The number of fused-ring (bicyclic) bond motifs is 3. The maximum Gasteiger partial charge on any atom is 0.261 e. The summed E-state index contributed by atoms with van der Waals surface area (Å²) in [5, 5.41) is 3.02. The molecule has 10 nitrogen and oxygen atoms in total. The summed E-state index contributed by atoms with van der Waals surface area (Å²) in [5.74, 6) is -0.597. The fraction of sp³-hybridized carbons (Fsp3) is 0.111. The number of carbonyl (C=O) groups is 2. The molecular formula is C36H28Cl2N8O2. The van der Waals surface area contributed by atoms with E-state index in [9.17, 15) is 9.59 Å². The summed E-state index contributed by atoms with van der Waals surface area (Å²) >= 11 is 12.6. The van der Waals surface area contributed by atoms with Crippen LogP contribution < -0.4 is 5.73 Å². The number of nitrogens with zero attached hydrogens (tertiary/aromatic N) is 7. The van der Waals surface area contributed by atoms with Crippen molar-refractivity contribution < 1.29 is 9.59 Å². The number of hydrogen-bond donors (Lipinski definition) is 1. The smallest absolute Gasteiger partial charge is 0.261 e. The van der Waals surface area contributed by atoms with Crippen LogP contribution in [-0.2, 0) is 27.2 Å². The summed E-state index contributed by atoms with van der Waals surface area (Å²) in [4.78, 5) is 44.7. The molecule has 2 N–H and O–H groups in total. The number of halogens is 2. The van der Waals surface area contributed by atoms with Crippen molar-refractivity contribution in [1.82, 2.24) is 34.0 Å². The zero-order chi connectivity index (χ0) is 33.5. The van der Waals surface area contributed by atoms with E-state index in [-0.39, 0.29) is 18.4 Å². The highest BCUT2D eigenvalue weighted by molar-refractivity contribution is 6.35. The molecule has 8 rings (SSSR count). The van der Waals surface area contributed by atoms with Gasteiger partial charge in [-0.1, -0.05) is 59.6 Å². The topological polar surface area (TPSA) is 125 Å². The second-order valence-corrected chi connectivity index (χ2v) is 12.2. The Kier molecular flexibility index (Phi) is 8.22. The molecule has 12 heteroatoms. The van der Waals surface area contributed by atoms with Crippen molar-refractivity contribution in [3.63, 3.8) is 0 Å². The first-order valence-corrected chi connectivity index (χ1v) is 15.8. The van der Waals surface area contributed by atoms with Gasteiger partial charge in [0, 0.05) is 37.0 Å². The molecule has 0 radical (unpaired) electrons. The van der Waals surface area contributed by atoms with E-state index in [2.05, 4.69) is 15.0 Å². The molecule has 3 aromatic carbocycles. The van der Waals surface area contributed by atoms with Gasteiger partial charge in [-0.05, 0) is 42.0 Å². The average molecular weight is 676 g/mol. The molecule has 0 saturated carbocycles. The second-order valence-electron chi connectivity index (χ2n) is 11.3. The number of nitrogens with two attached hydrogens (primary N) is 1. The van der Waals surface area contributed by atoms with Gasteiger partial charge in [0.25, 0.3) is 11.8 Å². The predicted molar refractivity (Wildman–Crippen MR) is 186 cm³/mol. The highest BCUT2D eigenvalue weighted by Crippen LogP contribution is 2.32. The van der Waals surface area contributed by atoms with Gasteiger partial charge >= 0.3 is 0 Å². The lowest BCUT2D eigenvalue weighted by molar-refractivity contribution is 0.0642. The van der Waals surface area contributed by atoms with Crippen molar-refractivity contribution >= 4 is 56.8 Å². The Morgan fingerprint density at radius 1 is 0.667 bits per heavy atom. The van der Waals surface area contributed by atoms with Gasteiger partial charge in [0.1, 0.15) is 0 Å². The van der Waals surface area contributed by atoms with Crippen LogP contribution in [0.1, 0.15) is 31.8 Å². The van der Waals surface area contributed by atoms with Crippen LogP contribution in [0.2, 0.25) is 10.0 Å².